The molecule has 5 aliphatic carbocycles. The smallest absolute Gasteiger partial charge is 0.226 e. The number of amides is 1. The van der Waals surface area contributed by atoms with Gasteiger partial charge in [-0.2, -0.15) is 0 Å². The van der Waals surface area contributed by atoms with E-state index < -0.39 is 0 Å². The maximum Gasteiger partial charge on any atom is 0.226 e. The van der Waals surface area contributed by atoms with Crippen molar-refractivity contribution < 1.29 is 9.90 Å². The highest BCUT2D eigenvalue weighted by atomic mass is 16.3. The van der Waals surface area contributed by atoms with Gasteiger partial charge in [-0.25, -0.2) is 0 Å². The Bertz CT molecular complexity index is 378. The molecular formula is C17H27NO2. The molecule has 0 aromatic carbocycles. The lowest BCUT2D eigenvalue weighted by Crippen LogP contribution is -2.54. The van der Waals surface area contributed by atoms with Gasteiger partial charge in [0.15, 0.2) is 0 Å². The number of carbonyl (C=O) groups excluding carboxylic acids is 1. The van der Waals surface area contributed by atoms with E-state index in [0.717, 1.165) is 50.0 Å². The molecule has 5 fully saturated rings. The van der Waals surface area contributed by atoms with E-state index in [1.54, 1.807) is 0 Å². The van der Waals surface area contributed by atoms with E-state index in [-0.39, 0.29) is 17.4 Å². The fourth-order valence-corrected chi connectivity index (χ4v) is 5.77. The summed E-state index contributed by atoms with van der Waals surface area (Å²) in [7, 11) is 0. The normalized spacial score (nSPS) is 43.5. The van der Waals surface area contributed by atoms with Crippen LogP contribution in [0.5, 0.6) is 0 Å². The van der Waals surface area contributed by atoms with Crippen LogP contribution in [0.25, 0.3) is 0 Å². The Morgan fingerprint density at radius 2 is 1.60 bits per heavy atom. The summed E-state index contributed by atoms with van der Waals surface area (Å²) in [4.78, 5) is 12.8. The van der Waals surface area contributed by atoms with E-state index in [1.165, 1.54) is 32.1 Å². The van der Waals surface area contributed by atoms with Crippen LogP contribution in [0.15, 0.2) is 0 Å². The molecule has 4 bridgehead atoms. The van der Waals surface area contributed by atoms with Gasteiger partial charge < -0.3 is 10.4 Å². The van der Waals surface area contributed by atoms with Crippen LogP contribution < -0.4 is 5.32 Å². The average Bonchev–Trinajstić information content (AvgIpc) is 3.15. The molecule has 0 saturated heterocycles. The summed E-state index contributed by atoms with van der Waals surface area (Å²) >= 11 is 0. The van der Waals surface area contributed by atoms with Gasteiger partial charge in [-0.3, -0.25) is 4.79 Å². The van der Waals surface area contributed by atoms with Gasteiger partial charge in [0.25, 0.3) is 0 Å². The summed E-state index contributed by atoms with van der Waals surface area (Å²) in [6, 6.07) is 0. The van der Waals surface area contributed by atoms with Crippen LogP contribution in [-0.4, -0.2) is 24.2 Å². The largest absolute Gasteiger partial charge is 0.396 e. The molecule has 3 heteroatoms. The number of hydrogen-bond donors (Lipinski definition) is 2. The van der Waals surface area contributed by atoms with Gasteiger partial charge in [-0.05, 0) is 81.0 Å². The molecule has 0 aromatic heterocycles. The number of rotatable bonds is 5. The van der Waals surface area contributed by atoms with Crippen molar-refractivity contribution in [2.75, 3.05) is 13.2 Å². The van der Waals surface area contributed by atoms with Crippen LogP contribution in [0.2, 0.25) is 0 Å². The Balaban J connectivity index is 1.41. The molecule has 112 valence electrons. The first-order valence-electron chi connectivity index (χ1n) is 8.52. The van der Waals surface area contributed by atoms with E-state index in [0.29, 0.717) is 5.91 Å². The highest BCUT2D eigenvalue weighted by molar-refractivity contribution is 5.83. The van der Waals surface area contributed by atoms with Crippen LogP contribution in [0.4, 0.5) is 0 Å². The highest BCUT2D eigenvalue weighted by Gasteiger charge is 2.55. The third-order valence-corrected chi connectivity index (χ3v) is 6.74. The second-order valence-electron chi connectivity index (χ2n) is 8.35. The van der Waals surface area contributed by atoms with E-state index in [4.69, 9.17) is 5.11 Å². The summed E-state index contributed by atoms with van der Waals surface area (Å²) in [6.45, 7) is 1.06. The van der Waals surface area contributed by atoms with Crippen LogP contribution in [0, 0.1) is 28.6 Å². The van der Waals surface area contributed by atoms with Crippen molar-refractivity contribution in [2.24, 2.45) is 28.6 Å². The van der Waals surface area contributed by atoms with Crippen LogP contribution in [0.1, 0.15) is 57.8 Å². The van der Waals surface area contributed by atoms with E-state index in [2.05, 4.69) is 5.32 Å². The minimum absolute atomic E-state index is 0.00988. The zero-order valence-electron chi connectivity index (χ0n) is 12.4. The molecule has 0 heterocycles. The number of carbonyl (C=O) groups is 1. The molecule has 0 aromatic rings. The lowest BCUT2D eigenvalue weighted by atomic mass is 9.49. The van der Waals surface area contributed by atoms with E-state index >= 15 is 0 Å². The molecular weight excluding hydrogens is 250 g/mol. The predicted octanol–water partition coefficient (Wildman–Crippen LogP) is 2.48. The minimum atomic E-state index is -0.00988. The molecule has 0 unspecified atom stereocenters. The Kier molecular flexibility index (Phi) is 2.93. The Morgan fingerprint density at radius 3 is 2.05 bits per heavy atom. The van der Waals surface area contributed by atoms with Gasteiger partial charge >= 0.3 is 0 Å². The average molecular weight is 277 g/mol. The molecule has 5 aliphatic rings. The predicted molar refractivity (Wildman–Crippen MR) is 77.0 cm³/mol. The second kappa shape index (κ2) is 4.46. The summed E-state index contributed by atoms with van der Waals surface area (Å²) in [6.07, 6.45) is 10.8. The molecule has 5 saturated carbocycles. The first-order valence-corrected chi connectivity index (χ1v) is 8.52. The van der Waals surface area contributed by atoms with Crippen LogP contribution >= 0.6 is 0 Å². The van der Waals surface area contributed by atoms with Crippen LogP contribution in [0.3, 0.4) is 0 Å². The molecule has 5 rings (SSSR count). The summed E-state index contributed by atoms with van der Waals surface area (Å²) < 4.78 is 0. The fraction of sp³-hybridized carbons (Fsp3) is 0.941. The molecule has 0 atom stereocenters. The van der Waals surface area contributed by atoms with Crippen molar-refractivity contribution in [3.63, 3.8) is 0 Å². The number of aliphatic hydroxyl groups excluding tert-OH is 1. The third-order valence-electron chi connectivity index (χ3n) is 6.74. The topological polar surface area (TPSA) is 49.3 Å². The lowest BCUT2D eigenvalue weighted by Gasteiger charge is -2.55. The third kappa shape index (κ3) is 2.09. The van der Waals surface area contributed by atoms with Gasteiger partial charge in [0.2, 0.25) is 5.91 Å². The second-order valence-corrected chi connectivity index (χ2v) is 8.35. The van der Waals surface area contributed by atoms with Crippen molar-refractivity contribution in [2.45, 2.75) is 57.8 Å². The number of nitrogens with one attached hydrogen (secondary N) is 1. The summed E-state index contributed by atoms with van der Waals surface area (Å²) in [5.41, 5.74) is 0.233. The molecule has 0 spiro atoms. The molecule has 1 amide bonds. The van der Waals surface area contributed by atoms with Crippen molar-refractivity contribution in [3.05, 3.63) is 0 Å². The van der Waals surface area contributed by atoms with Crippen molar-refractivity contribution in [1.29, 1.82) is 0 Å². The molecule has 20 heavy (non-hydrogen) atoms. The van der Waals surface area contributed by atoms with Gasteiger partial charge in [-0.15, -0.1) is 0 Å². The summed E-state index contributed by atoms with van der Waals surface area (Å²) in [5.74, 6) is 2.85. The zero-order valence-corrected chi connectivity index (χ0v) is 12.4. The standard InChI is InChI=1S/C17H27NO2/c19-4-3-16(1-2-16)11-18-15(20)17-8-12-5-13(9-17)7-14(6-12)10-17/h12-14,19H,1-11H2,(H,18,20). The maximum absolute atomic E-state index is 12.8. The summed E-state index contributed by atoms with van der Waals surface area (Å²) in [5, 5.41) is 12.4. The van der Waals surface area contributed by atoms with Crippen molar-refractivity contribution >= 4 is 5.91 Å². The van der Waals surface area contributed by atoms with Crippen molar-refractivity contribution in [1.82, 2.24) is 5.32 Å². The number of hydrogen-bond acceptors (Lipinski definition) is 2. The highest BCUT2D eigenvalue weighted by Crippen LogP contribution is 2.60. The fourth-order valence-electron chi connectivity index (χ4n) is 5.77. The molecule has 3 nitrogen and oxygen atoms in total. The van der Waals surface area contributed by atoms with Gasteiger partial charge in [0.05, 0.1) is 0 Å². The molecule has 0 radical (unpaired) electrons. The SMILES string of the molecule is O=C(NCC1(CCO)CC1)C12CC3CC(CC(C3)C1)C2. The Labute approximate surface area is 121 Å². The molecule has 2 N–H and O–H groups in total. The monoisotopic (exact) mass is 277 g/mol. The maximum atomic E-state index is 12.8. The van der Waals surface area contributed by atoms with Crippen LogP contribution in [-0.2, 0) is 4.79 Å². The first-order chi connectivity index (χ1) is 9.63. The Morgan fingerprint density at radius 1 is 1.05 bits per heavy atom. The number of aliphatic hydroxyl groups is 1. The van der Waals surface area contributed by atoms with Crippen molar-refractivity contribution in [3.8, 4) is 0 Å². The lowest BCUT2D eigenvalue weighted by molar-refractivity contribution is -0.146. The quantitative estimate of drug-likeness (QED) is 0.811. The van der Waals surface area contributed by atoms with E-state index in [9.17, 15) is 4.79 Å². The van der Waals surface area contributed by atoms with Gasteiger partial charge in [0, 0.05) is 18.6 Å². The molecule has 0 aliphatic heterocycles. The van der Waals surface area contributed by atoms with Gasteiger partial charge in [0.1, 0.15) is 0 Å². The Hall–Kier alpha value is -0.570. The first kappa shape index (κ1) is 13.1. The van der Waals surface area contributed by atoms with E-state index in [1.807, 2.05) is 0 Å². The zero-order chi connectivity index (χ0) is 13.8. The van der Waals surface area contributed by atoms with Gasteiger partial charge in [-0.1, -0.05) is 0 Å². The minimum Gasteiger partial charge on any atom is -0.396 e.